The fourth-order valence-electron chi connectivity index (χ4n) is 4.43. The minimum atomic E-state index is -3.55. The van der Waals surface area contributed by atoms with Gasteiger partial charge in [0, 0.05) is 29.7 Å². The number of Topliss-reactive ketones (excluding diaryl/α,β-unsaturated/α-hetero) is 1. The van der Waals surface area contributed by atoms with Crippen molar-refractivity contribution in [3.05, 3.63) is 86.3 Å². The highest BCUT2D eigenvalue weighted by Gasteiger charge is 2.33. The van der Waals surface area contributed by atoms with Gasteiger partial charge >= 0.3 is 0 Å². The van der Waals surface area contributed by atoms with Crippen molar-refractivity contribution in [1.29, 1.82) is 0 Å². The van der Waals surface area contributed by atoms with Crippen LogP contribution in [-0.4, -0.2) is 48.3 Å². The number of hydrogen-bond acceptors (Lipinski definition) is 7. The molecule has 4 rings (SSSR count). The van der Waals surface area contributed by atoms with E-state index in [2.05, 4.69) is 10.3 Å². The molecule has 182 valence electrons. The summed E-state index contributed by atoms with van der Waals surface area (Å²) in [6.45, 7) is 3.77. The van der Waals surface area contributed by atoms with Gasteiger partial charge in [0.1, 0.15) is 12.7 Å². The normalized spacial score (nSPS) is 15.6. The summed E-state index contributed by atoms with van der Waals surface area (Å²) < 4.78 is 26.8. The van der Waals surface area contributed by atoms with Gasteiger partial charge in [0.25, 0.3) is 5.56 Å². The molecular formula is C25H25N3O6S. The molecule has 35 heavy (non-hydrogen) atoms. The highest BCUT2D eigenvalue weighted by Crippen LogP contribution is 2.31. The number of rotatable bonds is 7. The number of oxime groups is 1. The Morgan fingerprint density at radius 3 is 2.51 bits per heavy atom. The number of nitrogens with one attached hydrogen (secondary N) is 1. The van der Waals surface area contributed by atoms with Crippen LogP contribution in [0.15, 0.2) is 57.3 Å². The second-order valence-electron chi connectivity index (χ2n) is 8.20. The number of H-pyrrole nitrogens is 1. The number of ketones is 2. The van der Waals surface area contributed by atoms with Gasteiger partial charge in [-0.1, -0.05) is 35.5 Å². The second-order valence-corrected chi connectivity index (χ2v) is 10.3. The Balaban J connectivity index is 1.84. The number of hydrogen-bond donors (Lipinski definition) is 1. The molecule has 10 heteroatoms. The number of sulfone groups is 1. The van der Waals surface area contributed by atoms with Crippen molar-refractivity contribution in [2.45, 2.75) is 38.1 Å². The van der Waals surface area contributed by atoms with E-state index in [1.165, 1.54) is 23.9 Å². The molecule has 0 fully saturated rings. The Kier molecular flexibility index (Phi) is 6.58. The maximum atomic E-state index is 13.7. The Bertz CT molecular complexity index is 1510. The maximum Gasteiger partial charge on any atom is 0.275 e. The molecule has 0 atom stereocenters. The summed E-state index contributed by atoms with van der Waals surface area (Å²) in [6.07, 6.45) is -0.00228. The quantitative estimate of drug-likeness (QED) is 0.397. The van der Waals surface area contributed by atoms with Crippen molar-refractivity contribution in [2.24, 2.45) is 5.16 Å². The number of benzene rings is 2. The lowest BCUT2D eigenvalue weighted by atomic mass is 9.91. The fourth-order valence-corrected chi connectivity index (χ4v) is 5.97. The summed E-state index contributed by atoms with van der Waals surface area (Å²) in [5, 5.41) is 6.62. The van der Waals surface area contributed by atoms with Crippen LogP contribution >= 0.6 is 0 Å². The van der Waals surface area contributed by atoms with Gasteiger partial charge in [-0.2, -0.15) is 0 Å². The second kappa shape index (κ2) is 9.46. The zero-order chi connectivity index (χ0) is 25.3. The van der Waals surface area contributed by atoms with Gasteiger partial charge in [-0.3, -0.25) is 24.2 Å². The van der Waals surface area contributed by atoms with Crippen LogP contribution in [-0.2, 0) is 27.6 Å². The summed E-state index contributed by atoms with van der Waals surface area (Å²) in [5.74, 6) is -0.933. The summed E-state index contributed by atoms with van der Waals surface area (Å²) in [7, 11) is -2.19. The lowest BCUT2D eigenvalue weighted by Crippen LogP contribution is -2.25. The zero-order valence-corrected chi connectivity index (χ0v) is 20.4. The fraction of sp³-hybridized carbons (Fsp3) is 0.280. The highest BCUT2D eigenvalue weighted by molar-refractivity contribution is 7.91. The molecule has 0 amide bonds. The molecule has 0 aliphatic carbocycles. The van der Waals surface area contributed by atoms with E-state index in [4.69, 9.17) is 4.84 Å². The third kappa shape index (κ3) is 4.37. The van der Waals surface area contributed by atoms with Crippen molar-refractivity contribution in [2.75, 3.05) is 12.9 Å². The number of fused-ring (bicyclic) bond motifs is 1. The Morgan fingerprint density at radius 1 is 1.14 bits per heavy atom. The molecule has 0 unspecified atom stereocenters. The van der Waals surface area contributed by atoms with Gasteiger partial charge in [0.2, 0.25) is 5.78 Å². The van der Waals surface area contributed by atoms with Crippen LogP contribution in [0.25, 0.3) is 0 Å². The van der Waals surface area contributed by atoms with Crippen LogP contribution < -0.4 is 5.56 Å². The van der Waals surface area contributed by atoms with Gasteiger partial charge in [0.15, 0.2) is 15.6 Å². The third-order valence-corrected chi connectivity index (χ3v) is 7.90. The smallest absolute Gasteiger partial charge is 0.275 e. The Morgan fingerprint density at radius 2 is 1.86 bits per heavy atom. The molecule has 0 bridgehead atoms. The van der Waals surface area contributed by atoms with E-state index in [-0.39, 0.29) is 46.1 Å². The summed E-state index contributed by atoms with van der Waals surface area (Å²) in [6, 6.07) is 11.4. The number of nitrogens with zero attached hydrogens (tertiary/aromatic N) is 2. The van der Waals surface area contributed by atoms with E-state index in [9.17, 15) is 22.8 Å². The van der Waals surface area contributed by atoms with Gasteiger partial charge in [-0.25, -0.2) is 8.42 Å². The molecular weight excluding hydrogens is 470 g/mol. The first-order valence-electron chi connectivity index (χ1n) is 11.1. The monoisotopic (exact) mass is 495 g/mol. The molecule has 1 aliphatic rings. The standard InChI is InChI=1S/C25H25N3O6S/c1-4-28-19(14-20(29)16-8-6-5-7-9-16)23(25(31)26-28)24(30)17-10-11-21-22(15(17)2)18(27-34-3)12-13-35(21,32)33/h5-11H,4,12-14H2,1-3H3,(H,26,31). The molecule has 1 N–H and O–H groups in total. The number of carbonyl (C=O) groups excluding carboxylic acids is 2. The van der Waals surface area contributed by atoms with Crippen LogP contribution in [0.3, 0.4) is 0 Å². The zero-order valence-electron chi connectivity index (χ0n) is 19.6. The SMILES string of the molecule is CCn1[nH]c(=O)c(C(=O)c2ccc3c(c2C)C(=NOC)CCS3(=O)=O)c1CC(=O)c1ccccc1. The average Bonchev–Trinajstić information content (AvgIpc) is 3.16. The van der Waals surface area contributed by atoms with Crippen molar-refractivity contribution in [3.63, 3.8) is 0 Å². The molecule has 0 spiro atoms. The van der Waals surface area contributed by atoms with E-state index in [1.54, 1.807) is 44.2 Å². The van der Waals surface area contributed by atoms with Crippen LogP contribution in [0.5, 0.6) is 0 Å². The van der Waals surface area contributed by atoms with Gasteiger partial charge in [-0.05, 0) is 31.5 Å². The highest BCUT2D eigenvalue weighted by atomic mass is 32.2. The molecule has 1 aromatic heterocycles. The van der Waals surface area contributed by atoms with Gasteiger partial charge in [0.05, 0.1) is 28.5 Å². The minimum absolute atomic E-state index is 0.0770. The summed E-state index contributed by atoms with van der Waals surface area (Å²) in [5.41, 5.74) is 1.30. The first-order valence-corrected chi connectivity index (χ1v) is 12.8. The van der Waals surface area contributed by atoms with E-state index < -0.39 is 21.2 Å². The lowest BCUT2D eigenvalue weighted by molar-refractivity contribution is 0.0990. The van der Waals surface area contributed by atoms with Gasteiger partial charge in [-0.15, -0.1) is 0 Å². The topological polar surface area (TPSA) is 128 Å². The predicted octanol–water partition coefficient (Wildman–Crippen LogP) is 2.69. The Labute approximate surface area is 202 Å². The van der Waals surface area contributed by atoms with Crippen molar-refractivity contribution in [3.8, 4) is 0 Å². The molecule has 3 aromatic rings. The van der Waals surface area contributed by atoms with E-state index in [1.807, 2.05) is 0 Å². The number of aromatic nitrogens is 2. The van der Waals surface area contributed by atoms with Crippen molar-refractivity contribution in [1.82, 2.24) is 9.78 Å². The molecule has 0 saturated carbocycles. The van der Waals surface area contributed by atoms with Crippen LogP contribution in [0.1, 0.15) is 56.4 Å². The van der Waals surface area contributed by atoms with Crippen LogP contribution in [0.2, 0.25) is 0 Å². The van der Waals surface area contributed by atoms with E-state index in [0.717, 1.165) is 0 Å². The van der Waals surface area contributed by atoms with E-state index >= 15 is 0 Å². The Hall–Kier alpha value is -3.79. The number of aryl methyl sites for hydroxylation is 1. The maximum absolute atomic E-state index is 13.7. The summed E-state index contributed by atoms with van der Waals surface area (Å²) in [4.78, 5) is 44.5. The van der Waals surface area contributed by atoms with Crippen LogP contribution in [0, 0.1) is 6.92 Å². The number of aromatic amines is 1. The van der Waals surface area contributed by atoms with Crippen LogP contribution in [0.4, 0.5) is 0 Å². The minimum Gasteiger partial charge on any atom is -0.399 e. The molecule has 0 saturated heterocycles. The lowest BCUT2D eigenvalue weighted by Gasteiger charge is -2.21. The first kappa shape index (κ1) is 24.3. The molecule has 9 nitrogen and oxygen atoms in total. The van der Waals surface area contributed by atoms with Gasteiger partial charge < -0.3 is 4.84 Å². The first-order chi connectivity index (χ1) is 16.7. The molecule has 2 heterocycles. The summed E-state index contributed by atoms with van der Waals surface area (Å²) >= 11 is 0. The number of carbonyl (C=O) groups is 2. The van der Waals surface area contributed by atoms with E-state index in [0.29, 0.717) is 28.9 Å². The molecule has 1 aliphatic heterocycles. The third-order valence-electron chi connectivity index (χ3n) is 6.15. The molecule has 2 aromatic carbocycles. The van der Waals surface area contributed by atoms with Crippen molar-refractivity contribution < 1.29 is 22.8 Å². The van der Waals surface area contributed by atoms with Crippen molar-refractivity contribution >= 4 is 27.1 Å². The molecule has 0 radical (unpaired) electrons. The average molecular weight is 496 g/mol. The predicted molar refractivity (Wildman–Crippen MR) is 130 cm³/mol. The largest absolute Gasteiger partial charge is 0.399 e.